The number of benzene rings is 1. The summed E-state index contributed by atoms with van der Waals surface area (Å²) in [5.74, 6) is 0. The normalized spacial score (nSPS) is 13.3. The number of nitrogens with zero attached hydrogens (tertiary/aromatic N) is 2. The van der Waals surface area contributed by atoms with Crippen molar-refractivity contribution in [2.45, 2.75) is 24.4 Å². The Labute approximate surface area is 128 Å². The van der Waals surface area contributed by atoms with Crippen LogP contribution in [0.5, 0.6) is 0 Å². The van der Waals surface area contributed by atoms with E-state index < -0.39 is 16.1 Å². The van der Waals surface area contributed by atoms with Gasteiger partial charge >= 0.3 is 0 Å². The first-order chi connectivity index (χ1) is 9.92. The van der Waals surface area contributed by atoms with E-state index in [1.54, 1.807) is 31.2 Å². The minimum Gasteiger partial charge on any atom is -0.394 e. The monoisotopic (exact) mass is 329 g/mol. The van der Waals surface area contributed by atoms with E-state index in [4.69, 9.17) is 16.7 Å². The average molecular weight is 330 g/mol. The lowest BCUT2D eigenvalue weighted by Crippen LogP contribution is -2.26. The first kappa shape index (κ1) is 16.0. The summed E-state index contributed by atoms with van der Waals surface area (Å²) in [7, 11) is -3.66. The van der Waals surface area contributed by atoms with Crippen molar-refractivity contribution in [2.75, 3.05) is 6.61 Å². The van der Waals surface area contributed by atoms with Gasteiger partial charge in [0, 0.05) is 17.3 Å². The van der Waals surface area contributed by atoms with Gasteiger partial charge < -0.3 is 5.11 Å². The van der Waals surface area contributed by atoms with Crippen LogP contribution in [0.2, 0.25) is 5.02 Å². The van der Waals surface area contributed by atoms with Gasteiger partial charge in [0.25, 0.3) is 0 Å². The minimum atomic E-state index is -3.66. The maximum Gasteiger partial charge on any atom is 0.244 e. The van der Waals surface area contributed by atoms with Crippen LogP contribution in [0, 0.1) is 0 Å². The summed E-state index contributed by atoms with van der Waals surface area (Å²) in [6.07, 6.45) is 2.64. The minimum absolute atomic E-state index is 0.0664. The number of rotatable bonds is 6. The number of hydrogen-bond donors (Lipinski definition) is 2. The molecule has 1 unspecified atom stereocenters. The first-order valence-corrected chi connectivity index (χ1v) is 8.19. The molecule has 0 fully saturated rings. The van der Waals surface area contributed by atoms with Crippen molar-refractivity contribution in [3.8, 4) is 0 Å². The number of hydrogen-bond acceptors (Lipinski definition) is 4. The molecule has 2 N–H and O–H groups in total. The molecule has 0 saturated carbocycles. The number of halogens is 1. The highest BCUT2D eigenvalue weighted by molar-refractivity contribution is 7.89. The molecule has 2 aromatic rings. The Kier molecular flexibility index (Phi) is 5.00. The third kappa shape index (κ3) is 4.04. The van der Waals surface area contributed by atoms with Crippen LogP contribution in [-0.4, -0.2) is 29.9 Å². The first-order valence-electron chi connectivity index (χ1n) is 6.33. The van der Waals surface area contributed by atoms with Crippen LogP contribution in [0.25, 0.3) is 0 Å². The maximum absolute atomic E-state index is 12.2. The van der Waals surface area contributed by atoms with Crippen LogP contribution in [0.1, 0.15) is 18.5 Å². The number of aromatic nitrogens is 2. The molecular formula is C13H16ClN3O3S. The highest BCUT2D eigenvalue weighted by Crippen LogP contribution is 2.18. The summed E-state index contributed by atoms with van der Waals surface area (Å²) >= 11 is 5.81. The standard InChI is InChI=1S/C13H16ClN3O3S/c1-10(11-2-4-12(14)5-3-11)16-21(19,20)13-8-15-17(9-13)6-7-18/h2-5,8-10,16,18H,6-7H2,1H3. The number of aliphatic hydroxyl groups is 1. The largest absolute Gasteiger partial charge is 0.394 e. The molecule has 0 spiro atoms. The zero-order valence-corrected chi connectivity index (χ0v) is 13.0. The molecule has 0 amide bonds. The lowest BCUT2D eigenvalue weighted by molar-refractivity contribution is 0.269. The van der Waals surface area contributed by atoms with Gasteiger partial charge in [-0.15, -0.1) is 0 Å². The van der Waals surface area contributed by atoms with Crippen LogP contribution in [-0.2, 0) is 16.6 Å². The highest BCUT2D eigenvalue weighted by atomic mass is 35.5. The van der Waals surface area contributed by atoms with E-state index in [-0.39, 0.29) is 18.0 Å². The molecule has 1 aromatic heterocycles. The Balaban J connectivity index is 2.14. The summed E-state index contributed by atoms with van der Waals surface area (Å²) in [4.78, 5) is 0.0664. The van der Waals surface area contributed by atoms with E-state index in [1.165, 1.54) is 17.1 Å². The van der Waals surface area contributed by atoms with E-state index in [0.717, 1.165) is 5.56 Å². The average Bonchev–Trinajstić information content (AvgIpc) is 2.89. The van der Waals surface area contributed by atoms with E-state index in [9.17, 15) is 8.42 Å². The Morgan fingerprint density at radius 2 is 2.05 bits per heavy atom. The van der Waals surface area contributed by atoms with E-state index in [0.29, 0.717) is 5.02 Å². The summed E-state index contributed by atoms with van der Waals surface area (Å²) in [5, 5.41) is 13.3. The van der Waals surface area contributed by atoms with E-state index in [2.05, 4.69) is 9.82 Å². The van der Waals surface area contributed by atoms with Crippen molar-refractivity contribution in [3.63, 3.8) is 0 Å². The van der Waals surface area contributed by atoms with Gasteiger partial charge in [0.1, 0.15) is 4.90 Å². The Morgan fingerprint density at radius 1 is 1.38 bits per heavy atom. The van der Waals surface area contributed by atoms with Crippen LogP contribution < -0.4 is 4.72 Å². The molecule has 0 bridgehead atoms. The molecule has 114 valence electrons. The van der Waals surface area contributed by atoms with Gasteiger partial charge in [-0.2, -0.15) is 5.10 Å². The van der Waals surface area contributed by atoms with Crippen molar-refractivity contribution in [3.05, 3.63) is 47.2 Å². The molecule has 21 heavy (non-hydrogen) atoms. The molecule has 0 aliphatic carbocycles. The predicted octanol–water partition coefficient (Wildman–Crippen LogP) is 1.57. The summed E-state index contributed by atoms with van der Waals surface area (Å²) in [6, 6.07) is 6.56. The SMILES string of the molecule is CC(NS(=O)(=O)c1cnn(CCO)c1)c1ccc(Cl)cc1. The molecule has 2 rings (SSSR count). The Hall–Kier alpha value is -1.41. The second-order valence-corrected chi connectivity index (χ2v) is 6.71. The predicted molar refractivity (Wildman–Crippen MR) is 79.5 cm³/mol. The van der Waals surface area contributed by atoms with Crippen molar-refractivity contribution in [1.82, 2.24) is 14.5 Å². The molecule has 0 aliphatic rings. The molecule has 0 radical (unpaired) electrons. The highest BCUT2D eigenvalue weighted by Gasteiger charge is 2.20. The molecule has 1 atom stereocenters. The molecule has 8 heteroatoms. The number of aliphatic hydroxyl groups excluding tert-OH is 1. The van der Waals surface area contributed by atoms with Gasteiger partial charge in [0.15, 0.2) is 0 Å². The van der Waals surface area contributed by atoms with Crippen molar-refractivity contribution in [1.29, 1.82) is 0 Å². The van der Waals surface area contributed by atoms with Gasteiger partial charge in [-0.25, -0.2) is 13.1 Å². The fraction of sp³-hybridized carbons (Fsp3) is 0.308. The van der Waals surface area contributed by atoms with Gasteiger partial charge in [-0.1, -0.05) is 23.7 Å². The molecule has 0 aliphatic heterocycles. The van der Waals surface area contributed by atoms with Crippen LogP contribution in [0.4, 0.5) is 0 Å². The smallest absolute Gasteiger partial charge is 0.244 e. The summed E-state index contributed by atoms with van der Waals surface area (Å²) in [5.41, 5.74) is 0.811. The van der Waals surface area contributed by atoms with Crippen LogP contribution >= 0.6 is 11.6 Å². The number of sulfonamides is 1. The number of nitrogens with one attached hydrogen (secondary N) is 1. The molecule has 0 saturated heterocycles. The van der Waals surface area contributed by atoms with Crippen molar-refractivity contribution >= 4 is 21.6 Å². The topological polar surface area (TPSA) is 84.2 Å². The lowest BCUT2D eigenvalue weighted by Gasteiger charge is -2.13. The second-order valence-electron chi connectivity index (χ2n) is 4.56. The van der Waals surface area contributed by atoms with E-state index >= 15 is 0 Å². The van der Waals surface area contributed by atoms with Crippen LogP contribution in [0.3, 0.4) is 0 Å². The zero-order chi connectivity index (χ0) is 15.5. The Bertz CT molecular complexity index is 698. The molecule has 6 nitrogen and oxygen atoms in total. The van der Waals surface area contributed by atoms with Crippen LogP contribution in [0.15, 0.2) is 41.6 Å². The van der Waals surface area contributed by atoms with Gasteiger partial charge in [-0.05, 0) is 24.6 Å². The van der Waals surface area contributed by atoms with Gasteiger partial charge in [-0.3, -0.25) is 4.68 Å². The van der Waals surface area contributed by atoms with E-state index in [1.807, 2.05) is 0 Å². The fourth-order valence-electron chi connectivity index (χ4n) is 1.83. The maximum atomic E-state index is 12.2. The van der Waals surface area contributed by atoms with Gasteiger partial charge in [0.2, 0.25) is 10.0 Å². The van der Waals surface area contributed by atoms with Gasteiger partial charge in [0.05, 0.1) is 19.3 Å². The van der Waals surface area contributed by atoms with Crippen molar-refractivity contribution in [2.24, 2.45) is 0 Å². The summed E-state index contributed by atoms with van der Waals surface area (Å²) < 4.78 is 28.4. The quantitative estimate of drug-likeness (QED) is 0.842. The lowest BCUT2D eigenvalue weighted by atomic mass is 10.1. The Morgan fingerprint density at radius 3 is 2.67 bits per heavy atom. The third-order valence-corrected chi connectivity index (χ3v) is 4.70. The second kappa shape index (κ2) is 6.57. The fourth-order valence-corrected chi connectivity index (χ4v) is 3.14. The summed E-state index contributed by atoms with van der Waals surface area (Å²) in [6.45, 7) is 1.90. The zero-order valence-electron chi connectivity index (χ0n) is 11.4. The van der Waals surface area contributed by atoms with Crippen molar-refractivity contribution < 1.29 is 13.5 Å². The molecular weight excluding hydrogens is 314 g/mol. The third-order valence-electron chi connectivity index (χ3n) is 2.95. The molecule has 1 heterocycles. The molecule has 1 aromatic carbocycles.